The Kier molecular flexibility index (Phi) is 3.76. The first-order chi connectivity index (χ1) is 11.6. The molecule has 124 valence electrons. The Hall–Kier alpha value is -2.34. The van der Waals surface area contributed by atoms with Crippen molar-refractivity contribution >= 4 is 11.0 Å². The van der Waals surface area contributed by atoms with E-state index >= 15 is 0 Å². The quantitative estimate of drug-likeness (QED) is 0.787. The van der Waals surface area contributed by atoms with Crippen molar-refractivity contribution in [2.75, 3.05) is 13.1 Å². The number of halogens is 3. The molecule has 2 aromatic carbocycles. The van der Waals surface area contributed by atoms with Crippen LogP contribution in [0.2, 0.25) is 0 Å². The lowest BCUT2D eigenvalue weighted by Gasteiger charge is -2.15. The van der Waals surface area contributed by atoms with E-state index in [1.54, 1.807) is 12.1 Å². The number of imidazole rings is 1. The topological polar surface area (TPSA) is 31.9 Å². The molecule has 1 fully saturated rings. The Bertz CT molecular complexity index is 890. The third-order valence-electron chi connectivity index (χ3n) is 4.51. The lowest BCUT2D eigenvalue weighted by Crippen LogP contribution is -2.20. The van der Waals surface area contributed by atoms with Gasteiger partial charge in [-0.2, -0.15) is 0 Å². The van der Waals surface area contributed by atoms with E-state index in [4.69, 9.17) is 0 Å². The number of H-pyrrole nitrogens is 1. The van der Waals surface area contributed by atoms with Crippen LogP contribution >= 0.6 is 0 Å². The number of likely N-dealkylation sites (tertiary alicyclic amines) is 1. The average Bonchev–Trinajstić information content (AvgIpc) is 3.17. The monoisotopic (exact) mass is 331 g/mol. The molecule has 1 aliphatic rings. The zero-order chi connectivity index (χ0) is 16.7. The Balaban J connectivity index is 1.47. The Morgan fingerprint density at radius 2 is 1.96 bits per heavy atom. The van der Waals surface area contributed by atoms with Gasteiger partial charge in [0, 0.05) is 19.0 Å². The van der Waals surface area contributed by atoms with Gasteiger partial charge in [-0.05, 0) is 48.9 Å². The van der Waals surface area contributed by atoms with E-state index in [-0.39, 0.29) is 11.7 Å². The summed E-state index contributed by atoms with van der Waals surface area (Å²) in [6, 6.07) is 8.52. The highest BCUT2D eigenvalue weighted by Crippen LogP contribution is 2.28. The molecule has 3 aromatic rings. The van der Waals surface area contributed by atoms with Crippen LogP contribution in [0.3, 0.4) is 0 Å². The van der Waals surface area contributed by atoms with Crippen LogP contribution in [0, 0.1) is 17.5 Å². The molecule has 1 N–H and O–H groups in total. The second-order valence-corrected chi connectivity index (χ2v) is 6.25. The molecule has 1 saturated heterocycles. The van der Waals surface area contributed by atoms with Crippen LogP contribution in [0.1, 0.15) is 23.7 Å². The molecule has 0 amide bonds. The Labute approximate surface area is 137 Å². The fraction of sp³-hybridized carbons (Fsp3) is 0.278. The van der Waals surface area contributed by atoms with E-state index in [2.05, 4.69) is 14.9 Å². The molecule has 3 nitrogen and oxygen atoms in total. The van der Waals surface area contributed by atoms with Gasteiger partial charge in [0.1, 0.15) is 11.6 Å². The van der Waals surface area contributed by atoms with Crippen LogP contribution in [0.4, 0.5) is 13.2 Å². The number of hydrogen-bond donors (Lipinski definition) is 1. The van der Waals surface area contributed by atoms with Crippen LogP contribution in [0.15, 0.2) is 36.4 Å². The predicted octanol–water partition coefficient (Wildman–Crippen LogP) is 3.97. The van der Waals surface area contributed by atoms with Crippen LogP contribution in [0.5, 0.6) is 0 Å². The highest BCUT2D eigenvalue weighted by molar-refractivity contribution is 5.75. The van der Waals surface area contributed by atoms with Gasteiger partial charge in [0.05, 0.1) is 11.0 Å². The van der Waals surface area contributed by atoms with Gasteiger partial charge in [0.25, 0.3) is 0 Å². The summed E-state index contributed by atoms with van der Waals surface area (Å²) in [6.45, 7) is 2.21. The first-order valence-corrected chi connectivity index (χ1v) is 7.90. The van der Waals surface area contributed by atoms with E-state index in [1.807, 2.05) is 0 Å². The zero-order valence-electron chi connectivity index (χ0n) is 12.9. The number of aromatic nitrogens is 2. The van der Waals surface area contributed by atoms with Crippen molar-refractivity contribution in [3.63, 3.8) is 0 Å². The molecule has 0 spiro atoms. The van der Waals surface area contributed by atoms with E-state index in [0.29, 0.717) is 12.1 Å². The third-order valence-corrected chi connectivity index (χ3v) is 4.51. The molecule has 1 aromatic heterocycles. The molecule has 2 heterocycles. The molecular formula is C18H16F3N3. The predicted molar refractivity (Wildman–Crippen MR) is 85.0 cm³/mol. The highest BCUT2D eigenvalue weighted by Gasteiger charge is 2.26. The molecule has 0 aliphatic carbocycles. The van der Waals surface area contributed by atoms with Gasteiger partial charge < -0.3 is 4.98 Å². The second kappa shape index (κ2) is 5.94. The Morgan fingerprint density at radius 3 is 2.79 bits per heavy atom. The number of nitrogens with one attached hydrogen (secondary N) is 1. The molecule has 0 saturated carbocycles. The van der Waals surface area contributed by atoms with Gasteiger partial charge in [-0.3, -0.25) is 4.90 Å². The van der Waals surface area contributed by atoms with Crippen molar-refractivity contribution in [3.8, 4) is 0 Å². The first-order valence-electron chi connectivity index (χ1n) is 7.90. The minimum Gasteiger partial charge on any atom is -0.342 e. The summed E-state index contributed by atoms with van der Waals surface area (Å²) < 4.78 is 39.6. The summed E-state index contributed by atoms with van der Waals surface area (Å²) >= 11 is 0. The first kappa shape index (κ1) is 15.2. The van der Waals surface area contributed by atoms with E-state index < -0.39 is 11.6 Å². The molecular weight excluding hydrogens is 315 g/mol. The normalized spacial score (nSPS) is 18.5. The van der Waals surface area contributed by atoms with Crippen molar-refractivity contribution in [2.24, 2.45) is 0 Å². The largest absolute Gasteiger partial charge is 0.342 e. The number of nitrogens with zero attached hydrogens (tertiary/aromatic N) is 2. The SMILES string of the molecule is Fc1ccc2nc([C@H]3CCN(Cc4ccc(F)c(F)c4)C3)[nH]c2c1. The minimum atomic E-state index is -0.826. The van der Waals surface area contributed by atoms with Gasteiger partial charge in [-0.15, -0.1) is 0 Å². The number of benzene rings is 2. The fourth-order valence-corrected chi connectivity index (χ4v) is 3.29. The van der Waals surface area contributed by atoms with Crippen molar-refractivity contribution in [1.29, 1.82) is 0 Å². The molecule has 0 radical (unpaired) electrons. The van der Waals surface area contributed by atoms with E-state index in [0.717, 1.165) is 42.5 Å². The van der Waals surface area contributed by atoms with E-state index in [1.165, 1.54) is 18.2 Å². The van der Waals surface area contributed by atoms with Gasteiger partial charge in [-0.25, -0.2) is 18.2 Å². The van der Waals surface area contributed by atoms with Crippen LogP contribution < -0.4 is 0 Å². The van der Waals surface area contributed by atoms with Crippen molar-refractivity contribution in [1.82, 2.24) is 14.9 Å². The maximum atomic E-state index is 13.3. The van der Waals surface area contributed by atoms with Gasteiger partial charge in [0.2, 0.25) is 0 Å². The van der Waals surface area contributed by atoms with Crippen molar-refractivity contribution in [3.05, 3.63) is 65.2 Å². The van der Waals surface area contributed by atoms with Crippen molar-refractivity contribution in [2.45, 2.75) is 18.9 Å². The van der Waals surface area contributed by atoms with E-state index in [9.17, 15) is 13.2 Å². The molecule has 4 rings (SSSR count). The van der Waals surface area contributed by atoms with Gasteiger partial charge in [0.15, 0.2) is 11.6 Å². The minimum absolute atomic E-state index is 0.228. The summed E-state index contributed by atoms with van der Waals surface area (Å²) in [7, 11) is 0. The Morgan fingerprint density at radius 1 is 1.08 bits per heavy atom. The van der Waals surface area contributed by atoms with Gasteiger partial charge >= 0.3 is 0 Å². The maximum Gasteiger partial charge on any atom is 0.159 e. The molecule has 1 atom stereocenters. The maximum absolute atomic E-state index is 13.3. The number of rotatable bonds is 3. The van der Waals surface area contributed by atoms with Gasteiger partial charge in [-0.1, -0.05) is 6.07 Å². The number of aromatic amines is 1. The highest BCUT2D eigenvalue weighted by atomic mass is 19.2. The third kappa shape index (κ3) is 2.89. The van der Waals surface area contributed by atoms with Crippen LogP contribution in [0.25, 0.3) is 11.0 Å². The van der Waals surface area contributed by atoms with Crippen LogP contribution in [-0.4, -0.2) is 28.0 Å². The van der Waals surface area contributed by atoms with Crippen LogP contribution in [-0.2, 0) is 6.54 Å². The summed E-state index contributed by atoms with van der Waals surface area (Å²) in [4.78, 5) is 9.92. The molecule has 0 bridgehead atoms. The zero-order valence-corrected chi connectivity index (χ0v) is 12.9. The summed E-state index contributed by atoms with van der Waals surface area (Å²) in [5, 5.41) is 0. The van der Waals surface area contributed by atoms with Crippen molar-refractivity contribution < 1.29 is 13.2 Å². The molecule has 24 heavy (non-hydrogen) atoms. The standard InChI is InChI=1S/C18H16F3N3/c19-13-2-4-16-17(8-13)23-18(22-16)12-5-6-24(10-12)9-11-1-3-14(20)15(21)7-11/h1-4,7-8,12H,5-6,9-10H2,(H,22,23)/t12-/m0/s1. The summed E-state index contributed by atoms with van der Waals surface area (Å²) in [5.41, 5.74) is 2.20. The number of hydrogen-bond acceptors (Lipinski definition) is 2. The number of fused-ring (bicyclic) bond motifs is 1. The molecule has 0 unspecified atom stereocenters. The fourth-order valence-electron chi connectivity index (χ4n) is 3.29. The molecule has 1 aliphatic heterocycles. The lowest BCUT2D eigenvalue weighted by molar-refractivity contribution is 0.325. The lowest BCUT2D eigenvalue weighted by atomic mass is 10.1. The summed E-state index contributed by atoms with van der Waals surface area (Å²) in [5.74, 6) is -0.853. The second-order valence-electron chi connectivity index (χ2n) is 6.25. The summed E-state index contributed by atoms with van der Waals surface area (Å²) in [6.07, 6.45) is 0.923. The molecule has 6 heteroatoms. The average molecular weight is 331 g/mol. The smallest absolute Gasteiger partial charge is 0.159 e.